The van der Waals surface area contributed by atoms with E-state index in [1.807, 2.05) is 20.8 Å². The first kappa shape index (κ1) is 15.2. The quantitative estimate of drug-likeness (QED) is 0.648. The van der Waals surface area contributed by atoms with Crippen LogP contribution >= 0.6 is 0 Å². The number of amides is 1. The summed E-state index contributed by atoms with van der Waals surface area (Å²) in [7, 11) is 0. The second kappa shape index (κ2) is 6.92. The Kier molecular flexibility index (Phi) is 5.54. The van der Waals surface area contributed by atoms with Gasteiger partial charge in [0.2, 0.25) is 5.91 Å². The monoisotopic (exact) mass is 265 g/mol. The van der Waals surface area contributed by atoms with Crippen molar-refractivity contribution in [3.05, 3.63) is 11.4 Å². The Morgan fingerprint density at radius 1 is 1.32 bits per heavy atom. The lowest BCUT2D eigenvalue weighted by Crippen LogP contribution is -2.13. The summed E-state index contributed by atoms with van der Waals surface area (Å²) in [6, 6.07) is 0. The lowest BCUT2D eigenvalue weighted by Gasteiger charge is -2.13. The van der Waals surface area contributed by atoms with Crippen molar-refractivity contribution in [2.45, 2.75) is 46.0 Å². The number of hydrogen-bond acceptors (Lipinski definition) is 5. The minimum Gasteiger partial charge on any atom is -0.383 e. The van der Waals surface area contributed by atoms with Gasteiger partial charge in [0.1, 0.15) is 17.5 Å². The molecule has 1 aromatic heterocycles. The van der Waals surface area contributed by atoms with Gasteiger partial charge in [-0.2, -0.15) is 0 Å². The zero-order chi connectivity index (χ0) is 14.4. The van der Waals surface area contributed by atoms with Crippen LogP contribution in [0.2, 0.25) is 0 Å². The molecule has 6 nitrogen and oxygen atoms in total. The first-order valence-electron chi connectivity index (χ1n) is 6.58. The molecule has 0 atom stereocenters. The summed E-state index contributed by atoms with van der Waals surface area (Å²) in [5.74, 6) is 2.00. The molecule has 0 saturated carbocycles. The van der Waals surface area contributed by atoms with Crippen LogP contribution in [0.5, 0.6) is 0 Å². The molecule has 6 heteroatoms. The van der Waals surface area contributed by atoms with E-state index >= 15 is 0 Å². The van der Waals surface area contributed by atoms with Gasteiger partial charge in [0.25, 0.3) is 0 Å². The number of primary amides is 1. The molecule has 1 rings (SSSR count). The molecule has 0 aliphatic carbocycles. The van der Waals surface area contributed by atoms with Crippen molar-refractivity contribution in [1.82, 2.24) is 9.97 Å². The van der Waals surface area contributed by atoms with E-state index in [9.17, 15) is 4.79 Å². The third-order valence-corrected chi connectivity index (χ3v) is 2.86. The maximum Gasteiger partial charge on any atom is 0.217 e. The highest BCUT2D eigenvalue weighted by Crippen LogP contribution is 2.20. The smallest absolute Gasteiger partial charge is 0.217 e. The molecule has 0 unspecified atom stereocenters. The normalized spacial score (nSPS) is 10.7. The van der Waals surface area contributed by atoms with Crippen LogP contribution in [-0.2, 0) is 4.79 Å². The molecule has 0 radical (unpaired) electrons. The van der Waals surface area contributed by atoms with Crippen molar-refractivity contribution < 1.29 is 4.79 Å². The second-order valence-electron chi connectivity index (χ2n) is 4.95. The molecule has 0 fully saturated rings. The van der Waals surface area contributed by atoms with Crippen LogP contribution < -0.4 is 16.8 Å². The van der Waals surface area contributed by atoms with E-state index in [1.165, 1.54) is 0 Å². The Balaban J connectivity index is 2.59. The third-order valence-electron chi connectivity index (χ3n) is 2.86. The molecular weight excluding hydrogens is 242 g/mol. The highest BCUT2D eigenvalue weighted by Gasteiger charge is 2.10. The minimum absolute atomic E-state index is 0.235. The standard InChI is InChI=1S/C13H23N5O/c1-8(2)12-17-11(15)9(3)13(18-12)16-7-5-4-6-10(14)19/h8H,4-7H2,1-3H3,(H2,14,19)(H3,15,16,17,18). The third kappa shape index (κ3) is 4.73. The number of carbonyl (C=O) groups excluding carboxylic acids is 1. The maximum absolute atomic E-state index is 10.6. The SMILES string of the molecule is Cc1c(N)nc(C(C)C)nc1NCCCCC(N)=O. The van der Waals surface area contributed by atoms with Gasteiger partial charge in [0.05, 0.1) is 0 Å². The molecule has 1 aromatic rings. The Morgan fingerprint density at radius 2 is 2.00 bits per heavy atom. The fourth-order valence-electron chi connectivity index (χ4n) is 1.61. The Labute approximate surface area is 114 Å². The highest BCUT2D eigenvalue weighted by atomic mass is 16.1. The summed E-state index contributed by atoms with van der Waals surface area (Å²) >= 11 is 0. The molecular formula is C13H23N5O. The first-order valence-corrected chi connectivity index (χ1v) is 6.58. The summed E-state index contributed by atoms with van der Waals surface area (Å²) in [5.41, 5.74) is 11.8. The molecule has 19 heavy (non-hydrogen) atoms. The number of nitrogen functional groups attached to an aromatic ring is 1. The largest absolute Gasteiger partial charge is 0.383 e. The van der Waals surface area contributed by atoms with Crippen LogP contribution in [0.1, 0.15) is 50.4 Å². The first-order chi connectivity index (χ1) is 8.91. The number of anilines is 2. The highest BCUT2D eigenvalue weighted by molar-refractivity contribution is 5.73. The number of nitrogens with two attached hydrogens (primary N) is 2. The van der Waals surface area contributed by atoms with E-state index in [0.29, 0.717) is 12.2 Å². The molecule has 0 bridgehead atoms. The van der Waals surface area contributed by atoms with E-state index in [2.05, 4.69) is 15.3 Å². The predicted molar refractivity (Wildman–Crippen MR) is 76.8 cm³/mol. The molecule has 0 saturated heterocycles. The van der Waals surface area contributed by atoms with E-state index < -0.39 is 0 Å². The van der Waals surface area contributed by atoms with Crippen molar-refractivity contribution in [1.29, 1.82) is 0 Å². The van der Waals surface area contributed by atoms with Crippen molar-refractivity contribution >= 4 is 17.5 Å². The van der Waals surface area contributed by atoms with E-state index in [0.717, 1.165) is 36.6 Å². The van der Waals surface area contributed by atoms with E-state index in [4.69, 9.17) is 11.5 Å². The van der Waals surface area contributed by atoms with E-state index in [1.54, 1.807) is 0 Å². The molecule has 1 heterocycles. The number of nitrogens with one attached hydrogen (secondary N) is 1. The average molecular weight is 265 g/mol. The van der Waals surface area contributed by atoms with Gasteiger partial charge in [-0.25, -0.2) is 9.97 Å². The molecule has 0 aromatic carbocycles. The fraction of sp³-hybridized carbons (Fsp3) is 0.615. The van der Waals surface area contributed by atoms with Gasteiger partial charge in [0.15, 0.2) is 0 Å². The van der Waals surface area contributed by atoms with Crippen LogP contribution in [0.15, 0.2) is 0 Å². The number of rotatable bonds is 7. The lowest BCUT2D eigenvalue weighted by atomic mass is 10.2. The Bertz CT molecular complexity index is 445. The van der Waals surface area contributed by atoms with Crippen molar-refractivity contribution in [2.75, 3.05) is 17.6 Å². The summed E-state index contributed by atoms with van der Waals surface area (Å²) in [6.45, 7) is 6.69. The number of nitrogens with zero attached hydrogens (tertiary/aromatic N) is 2. The fourth-order valence-corrected chi connectivity index (χ4v) is 1.61. The minimum atomic E-state index is -0.260. The van der Waals surface area contributed by atoms with Crippen molar-refractivity contribution in [2.24, 2.45) is 5.73 Å². The van der Waals surface area contributed by atoms with Gasteiger partial charge in [-0.3, -0.25) is 4.79 Å². The van der Waals surface area contributed by atoms with Gasteiger partial charge < -0.3 is 16.8 Å². The number of carbonyl (C=O) groups is 1. The van der Waals surface area contributed by atoms with Gasteiger partial charge in [-0.05, 0) is 19.8 Å². The van der Waals surface area contributed by atoms with Gasteiger partial charge in [-0.1, -0.05) is 13.8 Å². The van der Waals surface area contributed by atoms with Crippen LogP contribution in [0.3, 0.4) is 0 Å². The Morgan fingerprint density at radius 3 is 2.58 bits per heavy atom. The molecule has 1 amide bonds. The zero-order valence-corrected chi connectivity index (χ0v) is 11.9. The topological polar surface area (TPSA) is 107 Å². The molecule has 0 aliphatic rings. The van der Waals surface area contributed by atoms with Crippen LogP contribution in [0, 0.1) is 6.92 Å². The summed E-state index contributed by atoms with van der Waals surface area (Å²) in [4.78, 5) is 19.4. The van der Waals surface area contributed by atoms with Crippen molar-refractivity contribution in [3.63, 3.8) is 0 Å². The molecule has 0 aliphatic heterocycles. The average Bonchev–Trinajstić information content (AvgIpc) is 2.33. The predicted octanol–water partition coefficient (Wildman–Crippen LogP) is 1.56. The molecule has 106 valence electrons. The van der Waals surface area contributed by atoms with Crippen LogP contribution in [0.4, 0.5) is 11.6 Å². The number of hydrogen-bond donors (Lipinski definition) is 3. The van der Waals surface area contributed by atoms with Crippen LogP contribution in [0.25, 0.3) is 0 Å². The second-order valence-corrected chi connectivity index (χ2v) is 4.95. The summed E-state index contributed by atoms with van der Waals surface area (Å²) < 4.78 is 0. The lowest BCUT2D eigenvalue weighted by molar-refractivity contribution is -0.118. The number of unbranched alkanes of at least 4 members (excludes halogenated alkanes) is 1. The molecule has 5 N–H and O–H groups in total. The van der Waals surface area contributed by atoms with Gasteiger partial charge in [0, 0.05) is 24.4 Å². The van der Waals surface area contributed by atoms with Gasteiger partial charge in [-0.15, -0.1) is 0 Å². The van der Waals surface area contributed by atoms with Crippen LogP contribution in [-0.4, -0.2) is 22.4 Å². The Hall–Kier alpha value is -1.85. The summed E-state index contributed by atoms with van der Waals surface area (Å²) in [6.07, 6.45) is 2.06. The van der Waals surface area contributed by atoms with E-state index in [-0.39, 0.29) is 11.8 Å². The van der Waals surface area contributed by atoms with Gasteiger partial charge >= 0.3 is 0 Å². The molecule has 0 spiro atoms. The maximum atomic E-state index is 10.6. The number of aromatic nitrogens is 2. The summed E-state index contributed by atoms with van der Waals surface area (Å²) in [5, 5.41) is 3.24. The van der Waals surface area contributed by atoms with Crippen molar-refractivity contribution in [3.8, 4) is 0 Å². The zero-order valence-electron chi connectivity index (χ0n) is 11.9.